The number of benzene rings is 1. The Hall–Kier alpha value is -1.88. The number of ketones is 1. The molecule has 1 rings (SSSR count). The molecule has 0 heterocycles. The number of carboxylic acid groups (broad SMARTS) is 1. The van der Waals surface area contributed by atoms with Gasteiger partial charge in [-0.25, -0.2) is 0 Å². The predicted octanol–water partition coefficient (Wildman–Crippen LogP) is 3.06. The summed E-state index contributed by atoms with van der Waals surface area (Å²) >= 11 is 0. The van der Waals surface area contributed by atoms with Crippen LogP contribution in [0.1, 0.15) is 39.2 Å². The molecule has 1 aromatic rings. The van der Waals surface area contributed by atoms with Gasteiger partial charge in [0.1, 0.15) is 11.5 Å². The first-order valence-electron chi connectivity index (χ1n) is 7.30. The van der Waals surface area contributed by atoms with Gasteiger partial charge in [0.2, 0.25) is 0 Å². The van der Waals surface area contributed by atoms with E-state index < -0.39 is 17.5 Å². The number of carbonyl (C=O) groups excluding carboxylic acids is 1. The minimum atomic E-state index is -0.975. The Labute approximate surface area is 131 Å². The smallest absolute Gasteiger partial charge is 0.306 e. The van der Waals surface area contributed by atoms with Gasteiger partial charge in [0.25, 0.3) is 0 Å². The summed E-state index contributed by atoms with van der Waals surface area (Å²) in [5.41, 5.74) is 0.0653. The summed E-state index contributed by atoms with van der Waals surface area (Å²) in [6.07, 6.45) is -0.510. The van der Waals surface area contributed by atoms with Gasteiger partial charge in [-0.05, 0) is 17.7 Å². The summed E-state index contributed by atoms with van der Waals surface area (Å²) in [5, 5.41) is 9.06. The summed E-state index contributed by atoms with van der Waals surface area (Å²) < 4.78 is 10.8. The third kappa shape index (κ3) is 4.84. The number of Topliss-reactive ketones (excluding diaryl/α,β-unsaturated/α-hetero) is 1. The van der Waals surface area contributed by atoms with Crippen molar-refractivity contribution in [2.45, 2.75) is 46.3 Å². The molecular weight excluding hydrogens is 284 g/mol. The molecule has 0 fully saturated rings. The van der Waals surface area contributed by atoms with Crippen LogP contribution in [-0.2, 0) is 20.9 Å². The molecule has 0 unspecified atom stereocenters. The van der Waals surface area contributed by atoms with Crippen molar-refractivity contribution in [1.82, 2.24) is 0 Å². The Kier molecular flexibility index (Phi) is 6.56. The van der Waals surface area contributed by atoms with Gasteiger partial charge in [0.15, 0.2) is 0 Å². The van der Waals surface area contributed by atoms with Crippen LogP contribution in [0.3, 0.4) is 0 Å². The molecule has 0 aromatic heterocycles. The number of carbonyl (C=O) groups is 2. The highest BCUT2D eigenvalue weighted by Crippen LogP contribution is 2.29. The topological polar surface area (TPSA) is 72.8 Å². The number of hydrogen-bond acceptors (Lipinski definition) is 4. The fraction of sp³-hybridized carbons (Fsp3) is 0.529. The number of methoxy groups -OCH3 is 1. The van der Waals surface area contributed by atoms with E-state index in [0.29, 0.717) is 6.42 Å². The van der Waals surface area contributed by atoms with E-state index in [9.17, 15) is 9.59 Å². The molecule has 5 nitrogen and oxygen atoms in total. The molecule has 1 atom stereocenters. The highest BCUT2D eigenvalue weighted by atomic mass is 16.5. The summed E-state index contributed by atoms with van der Waals surface area (Å²) in [6.45, 7) is 5.49. The van der Waals surface area contributed by atoms with Crippen molar-refractivity contribution in [3.05, 3.63) is 29.8 Å². The number of ether oxygens (including phenoxy) is 2. The Morgan fingerprint density at radius 2 is 1.82 bits per heavy atom. The molecule has 22 heavy (non-hydrogen) atoms. The monoisotopic (exact) mass is 308 g/mol. The van der Waals surface area contributed by atoms with Crippen LogP contribution < -0.4 is 4.74 Å². The van der Waals surface area contributed by atoms with Gasteiger partial charge < -0.3 is 14.6 Å². The normalized spacial score (nSPS) is 12.7. The zero-order valence-electron chi connectivity index (χ0n) is 13.6. The molecule has 0 saturated heterocycles. The summed E-state index contributed by atoms with van der Waals surface area (Å²) in [6, 6.07) is 7.33. The lowest BCUT2D eigenvalue weighted by Crippen LogP contribution is -2.40. The highest BCUT2D eigenvalue weighted by Gasteiger charge is 2.37. The Bertz CT molecular complexity index is 504. The van der Waals surface area contributed by atoms with E-state index >= 15 is 0 Å². The molecule has 1 aromatic carbocycles. The molecule has 5 heteroatoms. The average Bonchev–Trinajstić information content (AvgIpc) is 2.50. The zero-order valence-corrected chi connectivity index (χ0v) is 13.6. The Balaban J connectivity index is 2.80. The fourth-order valence-electron chi connectivity index (χ4n) is 2.23. The molecule has 0 aliphatic rings. The van der Waals surface area contributed by atoms with E-state index in [4.69, 9.17) is 14.6 Å². The van der Waals surface area contributed by atoms with Crippen molar-refractivity contribution < 1.29 is 24.2 Å². The van der Waals surface area contributed by atoms with Crippen LogP contribution in [0.5, 0.6) is 5.75 Å². The van der Waals surface area contributed by atoms with Gasteiger partial charge >= 0.3 is 5.97 Å². The molecule has 0 bridgehead atoms. The Morgan fingerprint density at radius 1 is 1.23 bits per heavy atom. The number of aliphatic carboxylic acids is 1. The number of rotatable bonds is 9. The van der Waals surface area contributed by atoms with Gasteiger partial charge in [-0.3, -0.25) is 9.59 Å². The second-order valence-corrected chi connectivity index (χ2v) is 5.74. The standard InChI is InChI=1S/C17H24O5/c1-5-14(18)17(2,3)15(10-16(19)20)22-11-12-6-8-13(21-4)9-7-12/h6-9,15H,5,10-11H2,1-4H3,(H,19,20)/t15-/m0/s1. The largest absolute Gasteiger partial charge is 0.497 e. The van der Waals surface area contributed by atoms with E-state index in [1.54, 1.807) is 27.9 Å². The maximum Gasteiger partial charge on any atom is 0.306 e. The third-order valence-corrected chi connectivity index (χ3v) is 3.81. The lowest BCUT2D eigenvalue weighted by atomic mass is 9.79. The molecule has 0 aliphatic heterocycles. The SMILES string of the molecule is CCC(=O)C(C)(C)[C@H](CC(=O)O)OCc1ccc(OC)cc1. The van der Waals surface area contributed by atoms with E-state index in [1.807, 2.05) is 24.3 Å². The zero-order chi connectivity index (χ0) is 16.8. The lowest BCUT2D eigenvalue weighted by molar-refractivity contribution is -0.148. The summed E-state index contributed by atoms with van der Waals surface area (Å²) in [7, 11) is 1.59. The van der Waals surface area contributed by atoms with Crippen molar-refractivity contribution >= 4 is 11.8 Å². The number of hydrogen-bond donors (Lipinski definition) is 1. The van der Waals surface area contributed by atoms with Crippen molar-refractivity contribution in [3.8, 4) is 5.75 Å². The maximum absolute atomic E-state index is 12.1. The van der Waals surface area contributed by atoms with Crippen molar-refractivity contribution in [1.29, 1.82) is 0 Å². The minimum absolute atomic E-state index is 0.00604. The fourth-order valence-corrected chi connectivity index (χ4v) is 2.23. The molecule has 0 radical (unpaired) electrons. The molecule has 0 spiro atoms. The van der Waals surface area contributed by atoms with Crippen LogP contribution in [0.15, 0.2) is 24.3 Å². The van der Waals surface area contributed by atoms with E-state index in [1.165, 1.54) is 0 Å². The van der Waals surface area contributed by atoms with Crippen LogP contribution in [0.25, 0.3) is 0 Å². The van der Waals surface area contributed by atoms with E-state index in [-0.39, 0.29) is 18.8 Å². The van der Waals surface area contributed by atoms with Gasteiger partial charge in [-0.2, -0.15) is 0 Å². The van der Waals surface area contributed by atoms with E-state index in [0.717, 1.165) is 11.3 Å². The molecule has 1 N–H and O–H groups in total. The van der Waals surface area contributed by atoms with E-state index in [2.05, 4.69) is 0 Å². The van der Waals surface area contributed by atoms with Crippen molar-refractivity contribution in [2.75, 3.05) is 7.11 Å². The van der Waals surface area contributed by atoms with Gasteiger partial charge in [0.05, 0.1) is 31.7 Å². The van der Waals surface area contributed by atoms with Crippen LogP contribution in [0.2, 0.25) is 0 Å². The molecule has 0 amide bonds. The predicted molar refractivity (Wildman–Crippen MR) is 82.9 cm³/mol. The van der Waals surface area contributed by atoms with Crippen molar-refractivity contribution in [3.63, 3.8) is 0 Å². The molecular formula is C17H24O5. The Morgan fingerprint density at radius 3 is 2.27 bits per heavy atom. The third-order valence-electron chi connectivity index (χ3n) is 3.81. The first-order chi connectivity index (χ1) is 10.3. The summed E-state index contributed by atoms with van der Waals surface area (Å²) in [5.74, 6) is -0.238. The van der Waals surface area contributed by atoms with Gasteiger partial charge in [-0.1, -0.05) is 32.9 Å². The summed E-state index contributed by atoms with van der Waals surface area (Å²) in [4.78, 5) is 23.1. The maximum atomic E-state index is 12.1. The van der Waals surface area contributed by atoms with Crippen LogP contribution >= 0.6 is 0 Å². The van der Waals surface area contributed by atoms with Crippen LogP contribution in [0.4, 0.5) is 0 Å². The number of carboxylic acids is 1. The van der Waals surface area contributed by atoms with Crippen LogP contribution in [0, 0.1) is 5.41 Å². The molecule has 0 saturated carbocycles. The second-order valence-electron chi connectivity index (χ2n) is 5.74. The average molecular weight is 308 g/mol. The molecule has 122 valence electrons. The molecule has 0 aliphatic carbocycles. The van der Waals surface area contributed by atoms with Gasteiger partial charge in [-0.15, -0.1) is 0 Å². The second kappa shape index (κ2) is 7.94. The highest BCUT2D eigenvalue weighted by molar-refractivity contribution is 5.85. The first kappa shape index (κ1) is 18.2. The quantitative estimate of drug-likeness (QED) is 0.759. The first-order valence-corrected chi connectivity index (χ1v) is 7.30. The minimum Gasteiger partial charge on any atom is -0.497 e. The van der Waals surface area contributed by atoms with Gasteiger partial charge in [0, 0.05) is 6.42 Å². The van der Waals surface area contributed by atoms with Crippen LogP contribution in [-0.4, -0.2) is 30.1 Å². The van der Waals surface area contributed by atoms with Crippen molar-refractivity contribution in [2.24, 2.45) is 5.41 Å². The lowest BCUT2D eigenvalue weighted by Gasteiger charge is -2.32.